The Morgan fingerprint density at radius 1 is 1.13 bits per heavy atom. The lowest BCUT2D eigenvalue weighted by Crippen LogP contribution is -2.47. The standard InChI is InChI=1S/C17H18ClN3O2/c1-23-17(22)15-6-3-7-19-16(15)21-10-8-20(9-11-21)14-5-2-4-13(18)12-14/h2-7,12H,8-11H2,1H3. The van der Waals surface area contributed by atoms with Crippen LogP contribution in [-0.2, 0) is 4.74 Å². The second-order valence-electron chi connectivity index (χ2n) is 5.32. The Kier molecular flexibility index (Phi) is 4.67. The molecule has 0 aliphatic carbocycles. The molecule has 0 unspecified atom stereocenters. The molecule has 3 rings (SSSR count). The van der Waals surface area contributed by atoms with Crippen molar-refractivity contribution in [3.8, 4) is 0 Å². The second kappa shape index (κ2) is 6.87. The Bertz CT molecular complexity index is 700. The van der Waals surface area contributed by atoms with Crippen molar-refractivity contribution >= 4 is 29.1 Å². The van der Waals surface area contributed by atoms with E-state index >= 15 is 0 Å². The van der Waals surface area contributed by atoms with E-state index in [-0.39, 0.29) is 5.97 Å². The maximum absolute atomic E-state index is 11.9. The van der Waals surface area contributed by atoms with E-state index in [0.29, 0.717) is 11.4 Å². The summed E-state index contributed by atoms with van der Waals surface area (Å²) >= 11 is 6.06. The number of carbonyl (C=O) groups excluding carboxylic acids is 1. The van der Waals surface area contributed by atoms with Crippen molar-refractivity contribution in [3.05, 3.63) is 53.2 Å². The van der Waals surface area contributed by atoms with Crippen molar-refractivity contribution in [3.63, 3.8) is 0 Å². The number of pyridine rings is 1. The third-order valence-electron chi connectivity index (χ3n) is 3.94. The SMILES string of the molecule is COC(=O)c1cccnc1N1CCN(c2cccc(Cl)c2)CC1. The van der Waals surface area contributed by atoms with E-state index in [0.717, 1.165) is 36.9 Å². The van der Waals surface area contributed by atoms with Gasteiger partial charge < -0.3 is 14.5 Å². The van der Waals surface area contributed by atoms with Gasteiger partial charge in [-0.15, -0.1) is 0 Å². The quantitative estimate of drug-likeness (QED) is 0.809. The molecule has 2 aromatic rings. The number of hydrogen-bond acceptors (Lipinski definition) is 5. The van der Waals surface area contributed by atoms with Crippen LogP contribution in [0.5, 0.6) is 0 Å². The van der Waals surface area contributed by atoms with E-state index < -0.39 is 0 Å². The topological polar surface area (TPSA) is 45.7 Å². The third kappa shape index (κ3) is 3.40. The number of methoxy groups -OCH3 is 1. The zero-order valence-corrected chi connectivity index (χ0v) is 13.7. The number of hydrogen-bond donors (Lipinski definition) is 0. The van der Waals surface area contributed by atoms with Gasteiger partial charge in [-0.3, -0.25) is 0 Å². The van der Waals surface area contributed by atoms with Gasteiger partial charge in [0, 0.05) is 43.1 Å². The fourth-order valence-corrected chi connectivity index (χ4v) is 2.95. The monoisotopic (exact) mass is 331 g/mol. The highest BCUT2D eigenvalue weighted by molar-refractivity contribution is 6.30. The molecule has 1 aliphatic rings. The third-order valence-corrected chi connectivity index (χ3v) is 4.18. The van der Waals surface area contributed by atoms with Crippen LogP contribution in [0.3, 0.4) is 0 Å². The summed E-state index contributed by atoms with van der Waals surface area (Å²) in [5.41, 5.74) is 1.62. The minimum Gasteiger partial charge on any atom is -0.465 e. The van der Waals surface area contributed by atoms with Crippen LogP contribution in [0.1, 0.15) is 10.4 Å². The van der Waals surface area contributed by atoms with E-state index in [4.69, 9.17) is 16.3 Å². The summed E-state index contributed by atoms with van der Waals surface area (Å²) in [6, 6.07) is 11.4. The molecule has 5 nitrogen and oxygen atoms in total. The predicted molar refractivity (Wildman–Crippen MR) is 91.5 cm³/mol. The molecular weight excluding hydrogens is 314 g/mol. The number of rotatable bonds is 3. The molecule has 0 radical (unpaired) electrons. The number of esters is 1. The first-order valence-electron chi connectivity index (χ1n) is 7.48. The van der Waals surface area contributed by atoms with Crippen LogP contribution in [0.15, 0.2) is 42.6 Å². The molecule has 1 fully saturated rings. The number of nitrogens with zero attached hydrogens (tertiary/aromatic N) is 3. The lowest BCUT2D eigenvalue weighted by Gasteiger charge is -2.37. The molecule has 0 spiro atoms. The number of ether oxygens (including phenoxy) is 1. The Morgan fingerprint density at radius 2 is 1.87 bits per heavy atom. The maximum atomic E-state index is 11.9. The number of halogens is 1. The molecule has 120 valence electrons. The number of piperazine rings is 1. The molecule has 0 atom stereocenters. The van der Waals surface area contributed by atoms with Gasteiger partial charge in [0.25, 0.3) is 0 Å². The first-order chi connectivity index (χ1) is 11.2. The van der Waals surface area contributed by atoms with Crippen LogP contribution in [0.25, 0.3) is 0 Å². The normalized spacial score (nSPS) is 14.7. The van der Waals surface area contributed by atoms with Crippen LogP contribution >= 0.6 is 11.6 Å². The summed E-state index contributed by atoms with van der Waals surface area (Å²) in [5, 5.41) is 0.739. The molecular formula is C17H18ClN3O2. The highest BCUT2D eigenvalue weighted by Gasteiger charge is 2.23. The molecule has 1 saturated heterocycles. The summed E-state index contributed by atoms with van der Waals surface area (Å²) in [6.07, 6.45) is 1.70. The van der Waals surface area contributed by atoms with Crippen molar-refractivity contribution < 1.29 is 9.53 Å². The summed E-state index contributed by atoms with van der Waals surface area (Å²) < 4.78 is 4.84. The lowest BCUT2D eigenvalue weighted by molar-refractivity contribution is 0.0601. The molecule has 0 saturated carbocycles. The lowest BCUT2D eigenvalue weighted by atomic mass is 10.2. The average Bonchev–Trinajstić information content (AvgIpc) is 2.61. The zero-order valence-electron chi connectivity index (χ0n) is 12.9. The molecule has 2 heterocycles. The first kappa shape index (κ1) is 15.6. The van der Waals surface area contributed by atoms with E-state index in [1.807, 2.05) is 18.2 Å². The molecule has 0 amide bonds. The number of benzene rings is 1. The molecule has 23 heavy (non-hydrogen) atoms. The summed E-state index contributed by atoms with van der Waals surface area (Å²) in [7, 11) is 1.39. The molecule has 6 heteroatoms. The van der Waals surface area contributed by atoms with Crippen LogP contribution in [0, 0.1) is 0 Å². The summed E-state index contributed by atoms with van der Waals surface area (Å²) in [6.45, 7) is 3.26. The number of anilines is 2. The van der Waals surface area contributed by atoms with Gasteiger partial charge in [0.1, 0.15) is 11.4 Å². The number of carbonyl (C=O) groups is 1. The van der Waals surface area contributed by atoms with Crippen LogP contribution in [0.4, 0.5) is 11.5 Å². The Morgan fingerprint density at radius 3 is 2.57 bits per heavy atom. The second-order valence-corrected chi connectivity index (χ2v) is 5.76. The highest BCUT2D eigenvalue weighted by atomic mass is 35.5. The Balaban J connectivity index is 1.73. The molecule has 0 N–H and O–H groups in total. The molecule has 0 bridgehead atoms. The molecule has 1 aromatic heterocycles. The van der Waals surface area contributed by atoms with Gasteiger partial charge in [0.15, 0.2) is 0 Å². The fourth-order valence-electron chi connectivity index (χ4n) is 2.77. The van der Waals surface area contributed by atoms with Crippen LogP contribution in [0.2, 0.25) is 5.02 Å². The van der Waals surface area contributed by atoms with E-state index in [2.05, 4.69) is 20.9 Å². The predicted octanol–water partition coefficient (Wildman–Crippen LogP) is 2.85. The van der Waals surface area contributed by atoms with E-state index in [9.17, 15) is 4.79 Å². The molecule has 1 aromatic carbocycles. The maximum Gasteiger partial charge on any atom is 0.341 e. The van der Waals surface area contributed by atoms with Crippen molar-refractivity contribution in [2.24, 2.45) is 0 Å². The number of aromatic nitrogens is 1. The van der Waals surface area contributed by atoms with Gasteiger partial charge in [-0.2, -0.15) is 0 Å². The largest absolute Gasteiger partial charge is 0.465 e. The van der Waals surface area contributed by atoms with Gasteiger partial charge in [0.05, 0.1) is 7.11 Å². The Hall–Kier alpha value is -2.27. The highest BCUT2D eigenvalue weighted by Crippen LogP contribution is 2.24. The van der Waals surface area contributed by atoms with E-state index in [1.165, 1.54) is 7.11 Å². The summed E-state index contributed by atoms with van der Waals surface area (Å²) in [5.74, 6) is 0.329. The van der Waals surface area contributed by atoms with Crippen LogP contribution < -0.4 is 9.80 Å². The van der Waals surface area contributed by atoms with E-state index in [1.54, 1.807) is 18.3 Å². The van der Waals surface area contributed by atoms with Gasteiger partial charge in [0.2, 0.25) is 0 Å². The minimum absolute atomic E-state index is 0.356. The summed E-state index contributed by atoms with van der Waals surface area (Å²) in [4.78, 5) is 20.7. The van der Waals surface area contributed by atoms with Crippen LogP contribution in [-0.4, -0.2) is 44.2 Å². The fraction of sp³-hybridized carbons (Fsp3) is 0.294. The zero-order chi connectivity index (χ0) is 16.2. The van der Waals surface area contributed by atoms with Gasteiger partial charge >= 0.3 is 5.97 Å². The van der Waals surface area contributed by atoms with Gasteiger partial charge in [-0.05, 0) is 30.3 Å². The van der Waals surface area contributed by atoms with Crippen molar-refractivity contribution in [2.75, 3.05) is 43.1 Å². The molecule has 1 aliphatic heterocycles. The van der Waals surface area contributed by atoms with Gasteiger partial charge in [-0.1, -0.05) is 17.7 Å². The smallest absolute Gasteiger partial charge is 0.341 e. The van der Waals surface area contributed by atoms with Crippen molar-refractivity contribution in [1.82, 2.24) is 4.98 Å². The van der Waals surface area contributed by atoms with Crippen molar-refractivity contribution in [1.29, 1.82) is 0 Å². The average molecular weight is 332 g/mol. The Labute approximate surface area is 140 Å². The van der Waals surface area contributed by atoms with Crippen molar-refractivity contribution in [2.45, 2.75) is 0 Å². The minimum atomic E-state index is -0.356. The first-order valence-corrected chi connectivity index (χ1v) is 7.85. The van der Waals surface area contributed by atoms with Gasteiger partial charge in [-0.25, -0.2) is 9.78 Å².